The van der Waals surface area contributed by atoms with Gasteiger partial charge in [0.05, 0.1) is 13.2 Å². The largest absolute Gasteiger partial charge is 0.395 e. The first-order valence-corrected chi connectivity index (χ1v) is 7.71. The molecule has 2 aromatic rings. The van der Waals surface area contributed by atoms with Gasteiger partial charge in [-0.3, -0.25) is 23.7 Å². The van der Waals surface area contributed by atoms with Gasteiger partial charge in [0.25, 0.3) is 5.56 Å². The molecule has 3 heterocycles. The average Bonchev–Trinajstić information content (AvgIpc) is 2.97. The van der Waals surface area contributed by atoms with Gasteiger partial charge in [0.15, 0.2) is 5.65 Å². The molecule has 23 heavy (non-hydrogen) atoms. The van der Waals surface area contributed by atoms with E-state index in [0.717, 1.165) is 30.7 Å². The summed E-state index contributed by atoms with van der Waals surface area (Å²) in [6, 6.07) is 0. The van der Waals surface area contributed by atoms with E-state index in [4.69, 9.17) is 5.11 Å². The fraction of sp³-hybridized carbons (Fsp3) is 0.643. The summed E-state index contributed by atoms with van der Waals surface area (Å²) < 4.78 is 2.47. The zero-order valence-corrected chi connectivity index (χ0v) is 13.4. The highest BCUT2D eigenvalue weighted by Gasteiger charge is 2.19. The van der Waals surface area contributed by atoms with E-state index < -0.39 is 0 Å². The minimum absolute atomic E-state index is 0.181. The number of nitrogens with one attached hydrogen (secondary N) is 1. The second-order valence-electron chi connectivity index (χ2n) is 5.93. The SMILES string of the molecule is Cn1c(=O)c2[nH]c(CN3CCN(CCO)CC3)nc2n(C)c1=O. The number of aryl methyl sites for hydroxylation is 1. The third-order valence-corrected chi connectivity index (χ3v) is 4.40. The van der Waals surface area contributed by atoms with Crippen LogP contribution in [0.3, 0.4) is 0 Å². The Morgan fingerprint density at radius 2 is 1.74 bits per heavy atom. The van der Waals surface area contributed by atoms with Crippen molar-refractivity contribution in [2.75, 3.05) is 39.3 Å². The van der Waals surface area contributed by atoms with Gasteiger partial charge in [0, 0.05) is 46.8 Å². The van der Waals surface area contributed by atoms with Crippen molar-refractivity contribution in [3.05, 3.63) is 26.7 Å². The quantitative estimate of drug-likeness (QED) is 0.680. The minimum Gasteiger partial charge on any atom is -0.395 e. The Morgan fingerprint density at radius 3 is 2.39 bits per heavy atom. The van der Waals surface area contributed by atoms with Crippen LogP contribution in [0.25, 0.3) is 11.2 Å². The van der Waals surface area contributed by atoms with Gasteiger partial charge in [0.2, 0.25) is 0 Å². The van der Waals surface area contributed by atoms with Crippen LogP contribution in [-0.4, -0.2) is 73.3 Å². The van der Waals surface area contributed by atoms with Crippen LogP contribution in [0.15, 0.2) is 9.59 Å². The van der Waals surface area contributed by atoms with Crippen molar-refractivity contribution in [1.29, 1.82) is 0 Å². The minimum atomic E-state index is -0.377. The molecule has 0 atom stereocenters. The highest BCUT2D eigenvalue weighted by Crippen LogP contribution is 2.09. The van der Waals surface area contributed by atoms with Crippen LogP contribution < -0.4 is 11.2 Å². The molecule has 126 valence electrons. The molecule has 0 radical (unpaired) electrons. The summed E-state index contributed by atoms with van der Waals surface area (Å²) in [6.45, 7) is 5.07. The number of aromatic nitrogens is 4. The van der Waals surface area contributed by atoms with E-state index in [1.165, 1.54) is 11.6 Å². The van der Waals surface area contributed by atoms with Crippen LogP contribution in [0.2, 0.25) is 0 Å². The van der Waals surface area contributed by atoms with Crippen molar-refractivity contribution >= 4 is 11.2 Å². The van der Waals surface area contributed by atoms with Crippen molar-refractivity contribution in [2.45, 2.75) is 6.54 Å². The molecule has 9 nitrogen and oxygen atoms in total. The summed E-state index contributed by atoms with van der Waals surface area (Å²) in [4.78, 5) is 36.0. The Kier molecular flexibility index (Phi) is 4.33. The molecule has 0 aromatic carbocycles. The molecule has 9 heteroatoms. The Morgan fingerprint density at radius 1 is 1.09 bits per heavy atom. The molecule has 0 aliphatic carbocycles. The maximum Gasteiger partial charge on any atom is 0.332 e. The monoisotopic (exact) mass is 322 g/mol. The van der Waals surface area contributed by atoms with Crippen LogP contribution >= 0.6 is 0 Å². The lowest BCUT2D eigenvalue weighted by Gasteiger charge is -2.33. The van der Waals surface area contributed by atoms with E-state index in [9.17, 15) is 9.59 Å². The third kappa shape index (κ3) is 2.94. The number of nitrogens with zero attached hydrogens (tertiary/aromatic N) is 5. The predicted octanol–water partition coefficient (Wildman–Crippen LogP) is -1.93. The topological polar surface area (TPSA) is 99.4 Å². The maximum atomic E-state index is 12.2. The summed E-state index contributed by atoms with van der Waals surface area (Å²) in [7, 11) is 3.08. The van der Waals surface area contributed by atoms with Gasteiger partial charge < -0.3 is 10.1 Å². The maximum absolute atomic E-state index is 12.2. The van der Waals surface area contributed by atoms with E-state index in [0.29, 0.717) is 30.1 Å². The molecule has 0 saturated carbocycles. The number of fused-ring (bicyclic) bond motifs is 1. The number of aliphatic hydroxyl groups excluding tert-OH is 1. The van der Waals surface area contributed by atoms with E-state index >= 15 is 0 Å². The van der Waals surface area contributed by atoms with E-state index in [-0.39, 0.29) is 17.9 Å². The Bertz CT molecular complexity index is 812. The fourth-order valence-corrected chi connectivity index (χ4v) is 2.97. The zero-order chi connectivity index (χ0) is 16.6. The van der Waals surface area contributed by atoms with Crippen molar-refractivity contribution in [2.24, 2.45) is 14.1 Å². The smallest absolute Gasteiger partial charge is 0.332 e. The molecule has 1 aliphatic heterocycles. The first kappa shape index (κ1) is 15.9. The normalized spacial score (nSPS) is 17.2. The molecule has 1 aliphatic rings. The average molecular weight is 322 g/mol. The molecule has 2 aromatic heterocycles. The highest BCUT2D eigenvalue weighted by molar-refractivity contribution is 5.69. The van der Waals surface area contributed by atoms with Crippen LogP contribution in [0.5, 0.6) is 0 Å². The molecule has 0 unspecified atom stereocenters. The van der Waals surface area contributed by atoms with E-state index in [1.807, 2.05) is 0 Å². The first-order valence-electron chi connectivity index (χ1n) is 7.71. The predicted molar refractivity (Wildman–Crippen MR) is 85.4 cm³/mol. The molecule has 0 bridgehead atoms. The summed E-state index contributed by atoms with van der Waals surface area (Å²) >= 11 is 0. The fourth-order valence-electron chi connectivity index (χ4n) is 2.97. The Hall–Kier alpha value is -1.97. The van der Waals surface area contributed by atoms with Crippen LogP contribution in [-0.2, 0) is 20.6 Å². The Labute approximate surface area is 132 Å². The standard InChI is InChI=1S/C14H22N6O3/c1-17-12-11(13(22)18(2)14(17)23)15-10(16-12)9-20-5-3-19(4-6-20)7-8-21/h21H,3-9H2,1-2H3,(H,15,16). The van der Waals surface area contributed by atoms with Crippen molar-refractivity contribution in [3.8, 4) is 0 Å². The third-order valence-electron chi connectivity index (χ3n) is 4.40. The second kappa shape index (κ2) is 6.26. The van der Waals surface area contributed by atoms with Crippen molar-refractivity contribution in [3.63, 3.8) is 0 Å². The molecule has 2 N–H and O–H groups in total. The summed E-state index contributed by atoms with van der Waals surface area (Å²) in [5, 5.41) is 8.97. The van der Waals surface area contributed by atoms with Gasteiger partial charge >= 0.3 is 5.69 Å². The second-order valence-corrected chi connectivity index (χ2v) is 5.93. The lowest BCUT2D eigenvalue weighted by molar-refractivity contribution is 0.107. The number of β-amino-alcohol motifs (C(OH)–C–C–N with tert-alkyl or cyclic N) is 1. The number of H-pyrrole nitrogens is 1. The highest BCUT2D eigenvalue weighted by atomic mass is 16.3. The molecule has 1 saturated heterocycles. The molecular weight excluding hydrogens is 300 g/mol. The van der Waals surface area contributed by atoms with Gasteiger partial charge in [-0.2, -0.15) is 0 Å². The van der Waals surface area contributed by atoms with Crippen LogP contribution in [0.4, 0.5) is 0 Å². The number of hydrogen-bond donors (Lipinski definition) is 2. The Balaban J connectivity index is 1.80. The first-order chi connectivity index (χ1) is 11.0. The van der Waals surface area contributed by atoms with Crippen LogP contribution in [0.1, 0.15) is 5.82 Å². The number of aromatic amines is 1. The number of hydrogen-bond acceptors (Lipinski definition) is 6. The van der Waals surface area contributed by atoms with E-state index in [2.05, 4.69) is 19.8 Å². The summed E-state index contributed by atoms with van der Waals surface area (Å²) in [5.74, 6) is 0.689. The van der Waals surface area contributed by atoms with Gasteiger partial charge in [-0.25, -0.2) is 9.78 Å². The number of aliphatic hydroxyl groups is 1. The molecule has 0 spiro atoms. The lowest BCUT2D eigenvalue weighted by atomic mass is 10.3. The summed E-state index contributed by atoms with van der Waals surface area (Å²) in [5.41, 5.74) is 0.0308. The number of rotatable bonds is 4. The molecule has 0 amide bonds. The van der Waals surface area contributed by atoms with Crippen molar-refractivity contribution < 1.29 is 5.11 Å². The lowest BCUT2D eigenvalue weighted by Crippen LogP contribution is -2.46. The molecular formula is C14H22N6O3. The van der Waals surface area contributed by atoms with E-state index in [1.54, 1.807) is 7.05 Å². The van der Waals surface area contributed by atoms with Crippen molar-refractivity contribution in [1.82, 2.24) is 28.9 Å². The van der Waals surface area contributed by atoms with Crippen LogP contribution in [0, 0.1) is 0 Å². The number of piperazine rings is 1. The van der Waals surface area contributed by atoms with Gasteiger partial charge in [0.1, 0.15) is 11.3 Å². The van der Waals surface area contributed by atoms with Gasteiger partial charge in [-0.05, 0) is 0 Å². The molecule has 1 fully saturated rings. The van der Waals surface area contributed by atoms with Gasteiger partial charge in [-0.1, -0.05) is 0 Å². The molecule has 3 rings (SSSR count). The summed E-state index contributed by atoms with van der Waals surface area (Å²) in [6.07, 6.45) is 0. The number of imidazole rings is 1. The van der Waals surface area contributed by atoms with Gasteiger partial charge in [-0.15, -0.1) is 0 Å². The zero-order valence-electron chi connectivity index (χ0n) is 13.4.